The number of amides is 1. The molecule has 0 unspecified atom stereocenters. The van der Waals surface area contributed by atoms with Crippen molar-refractivity contribution in [2.24, 2.45) is 10.8 Å². The molecule has 2 saturated carbocycles. The number of carbonyl (C=O) groups is 1. The molecule has 3 fully saturated rings. The summed E-state index contributed by atoms with van der Waals surface area (Å²) in [6, 6.07) is 8.69. The van der Waals surface area contributed by atoms with Gasteiger partial charge in [-0.3, -0.25) is 9.48 Å². The Morgan fingerprint density at radius 1 is 1.15 bits per heavy atom. The highest BCUT2D eigenvalue weighted by Gasteiger charge is 2.47. The minimum Gasteiger partial charge on any atom is -0.492 e. The van der Waals surface area contributed by atoms with Gasteiger partial charge in [0.05, 0.1) is 35.1 Å². The van der Waals surface area contributed by atoms with Crippen molar-refractivity contribution in [3.8, 4) is 23.1 Å². The molecule has 3 aromatic rings. The van der Waals surface area contributed by atoms with Crippen LogP contribution < -0.4 is 10.1 Å². The molecule has 1 saturated heterocycles. The summed E-state index contributed by atoms with van der Waals surface area (Å²) in [7, 11) is 0. The lowest BCUT2D eigenvalue weighted by atomic mass is 10.0. The number of aryl methyl sites for hydroxylation is 2. The second-order valence-electron chi connectivity index (χ2n) is 11.8. The van der Waals surface area contributed by atoms with Crippen LogP contribution in [-0.2, 0) is 4.79 Å². The van der Waals surface area contributed by atoms with Gasteiger partial charge in [0.25, 0.3) is 0 Å². The molecule has 1 N–H and O–H groups in total. The van der Waals surface area contributed by atoms with Gasteiger partial charge in [0.1, 0.15) is 12.4 Å². The number of rotatable bonds is 8. The van der Waals surface area contributed by atoms with Gasteiger partial charge in [0.2, 0.25) is 11.9 Å². The molecule has 39 heavy (non-hydrogen) atoms. The highest BCUT2D eigenvalue weighted by molar-refractivity contribution is 5.85. The Hall–Kier alpha value is -3.93. The second-order valence-corrected chi connectivity index (χ2v) is 11.8. The Morgan fingerprint density at radius 2 is 1.92 bits per heavy atom. The Bertz CT molecular complexity index is 1440. The third-order valence-electron chi connectivity index (χ3n) is 8.51. The van der Waals surface area contributed by atoms with E-state index < -0.39 is 0 Å². The third-order valence-corrected chi connectivity index (χ3v) is 8.51. The summed E-state index contributed by atoms with van der Waals surface area (Å²) in [5.74, 6) is 1.63. The van der Waals surface area contributed by atoms with Crippen LogP contribution in [0.3, 0.4) is 0 Å². The number of anilines is 2. The number of ether oxygens (including phenoxy) is 1. The summed E-state index contributed by atoms with van der Waals surface area (Å²) in [6.45, 7) is 8.11. The first-order chi connectivity index (χ1) is 18.8. The van der Waals surface area contributed by atoms with Gasteiger partial charge >= 0.3 is 0 Å². The zero-order valence-corrected chi connectivity index (χ0v) is 22.9. The number of aromatic nitrogens is 4. The summed E-state index contributed by atoms with van der Waals surface area (Å²) >= 11 is 0. The monoisotopic (exact) mass is 525 g/mol. The lowest BCUT2D eigenvalue weighted by Gasteiger charge is -2.33. The van der Waals surface area contributed by atoms with E-state index in [9.17, 15) is 10.1 Å². The van der Waals surface area contributed by atoms with Gasteiger partial charge in [-0.05, 0) is 81.7 Å². The molecular weight excluding hydrogens is 490 g/mol. The average Bonchev–Trinajstić information content (AvgIpc) is 3.86. The Morgan fingerprint density at radius 3 is 2.59 bits per heavy atom. The molecule has 0 radical (unpaired) electrons. The van der Waals surface area contributed by atoms with E-state index in [0.29, 0.717) is 18.5 Å². The lowest BCUT2D eigenvalue weighted by molar-refractivity contribution is -0.137. The van der Waals surface area contributed by atoms with Gasteiger partial charge in [0.15, 0.2) is 0 Å². The molecule has 2 aromatic heterocycles. The van der Waals surface area contributed by atoms with Gasteiger partial charge in [0, 0.05) is 36.5 Å². The molecular formula is C30H35N7O2. The van der Waals surface area contributed by atoms with Crippen molar-refractivity contribution >= 4 is 17.5 Å². The number of hydrogen-bond acceptors (Lipinski definition) is 7. The van der Waals surface area contributed by atoms with Gasteiger partial charge in [-0.1, -0.05) is 6.92 Å². The van der Waals surface area contributed by atoms with Crippen molar-refractivity contribution in [3.05, 3.63) is 47.9 Å². The predicted molar refractivity (Wildman–Crippen MR) is 147 cm³/mol. The second kappa shape index (κ2) is 9.67. The minimum absolute atomic E-state index is 0.103. The van der Waals surface area contributed by atoms with Crippen molar-refractivity contribution in [1.82, 2.24) is 24.6 Å². The summed E-state index contributed by atoms with van der Waals surface area (Å²) < 4.78 is 7.97. The Labute approximate surface area is 229 Å². The summed E-state index contributed by atoms with van der Waals surface area (Å²) in [4.78, 5) is 24.0. The van der Waals surface area contributed by atoms with Crippen molar-refractivity contribution in [1.29, 1.82) is 5.26 Å². The number of nitriles is 1. The predicted octanol–water partition coefficient (Wildman–Crippen LogP) is 5.35. The highest BCUT2D eigenvalue weighted by Crippen LogP contribution is 2.47. The number of hydrogen-bond donors (Lipinski definition) is 1. The number of likely N-dealkylation sites (tertiary alicyclic amines) is 1. The SMILES string of the molecule is Cc1cc(-c2nc(Nc3cnn(C4CCN(C(=O)C5(C)CC5)CC4)c3)ncc2C)ccc1OCC1(C#N)CC1. The molecule has 9 nitrogen and oxygen atoms in total. The van der Waals surface area contributed by atoms with Crippen LogP contribution in [0.4, 0.5) is 11.6 Å². The van der Waals surface area contributed by atoms with Gasteiger partial charge in [-0.2, -0.15) is 10.4 Å². The Balaban J connectivity index is 1.10. The lowest BCUT2D eigenvalue weighted by Crippen LogP contribution is -2.42. The van der Waals surface area contributed by atoms with Crippen LogP contribution in [0.2, 0.25) is 0 Å². The zero-order chi connectivity index (χ0) is 27.2. The fourth-order valence-corrected chi connectivity index (χ4v) is 5.26. The first-order valence-corrected chi connectivity index (χ1v) is 13.9. The molecule has 3 heterocycles. The molecule has 0 bridgehead atoms. The highest BCUT2D eigenvalue weighted by atomic mass is 16.5. The van der Waals surface area contributed by atoms with Crippen molar-refractivity contribution < 1.29 is 9.53 Å². The standard InChI is InChI=1S/C30H35N7O2/c1-20-14-22(4-5-25(20)39-19-30(18-31)10-11-30)26-21(2)15-32-28(35-26)34-23-16-33-37(17-23)24-6-12-36(13-7-24)27(38)29(3)8-9-29/h4-5,14-17,24H,6-13,19H2,1-3H3,(H,32,34,35). The molecule has 6 rings (SSSR count). The van der Waals surface area contributed by atoms with E-state index in [2.05, 4.69) is 34.5 Å². The van der Waals surface area contributed by atoms with Gasteiger partial charge < -0.3 is 15.0 Å². The van der Waals surface area contributed by atoms with Crippen LogP contribution in [0, 0.1) is 36.0 Å². The van der Waals surface area contributed by atoms with Crippen molar-refractivity contribution in [2.45, 2.75) is 65.3 Å². The molecule has 3 aliphatic rings. The van der Waals surface area contributed by atoms with E-state index >= 15 is 0 Å². The van der Waals surface area contributed by atoms with E-state index in [0.717, 1.165) is 85.4 Å². The number of carbonyl (C=O) groups excluding carboxylic acids is 1. The third kappa shape index (κ3) is 5.20. The molecule has 9 heteroatoms. The molecule has 1 aromatic carbocycles. The van der Waals surface area contributed by atoms with Gasteiger partial charge in [-0.15, -0.1) is 0 Å². The summed E-state index contributed by atoms with van der Waals surface area (Å²) in [6.07, 6.45) is 11.3. The fraction of sp³-hybridized carbons (Fsp3) is 0.500. The quantitative estimate of drug-likeness (QED) is 0.422. The number of nitrogens with one attached hydrogen (secondary N) is 1. The van der Waals surface area contributed by atoms with Crippen molar-refractivity contribution in [2.75, 3.05) is 25.0 Å². The molecule has 0 atom stereocenters. The number of piperidine rings is 1. The first-order valence-electron chi connectivity index (χ1n) is 13.9. The molecule has 0 spiro atoms. The fourth-order valence-electron chi connectivity index (χ4n) is 5.26. The maximum Gasteiger partial charge on any atom is 0.228 e. The van der Waals surface area contributed by atoms with E-state index in [1.54, 1.807) is 6.20 Å². The minimum atomic E-state index is -0.298. The van der Waals surface area contributed by atoms with Crippen LogP contribution >= 0.6 is 0 Å². The topological polar surface area (TPSA) is 109 Å². The Kier molecular flexibility index (Phi) is 6.29. The van der Waals surface area contributed by atoms with Crippen LogP contribution in [0.5, 0.6) is 5.75 Å². The zero-order valence-electron chi connectivity index (χ0n) is 22.9. The number of benzene rings is 1. The summed E-state index contributed by atoms with van der Waals surface area (Å²) in [5.41, 5.74) is 4.26. The van der Waals surface area contributed by atoms with Crippen LogP contribution in [0.25, 0.3) is 11.3 Å². The van der Waals surface area contributed by atoms with Crippen LogP contribution in [-0.4, -0.2) is 50.3 Å². The molecule has 1 amide bonds. The molecule has 2 aliphatic carbocycles. The van der Waals surface area contributed by atoms with Gasteiger partial charge in [-0.25, -0.2) is 9.97 Å². The van der Waals surface area contributed by atoms with E-state index in [4.69, 9.17) is 9.72 Å². The summed E-state index contributed by atoms with van der Waals surface area (Å²) in [5, 5.41) is 17.2. The van der Waals surface area contributed by atoms with Crippen LogP contribution in [0.1, 0.15) is 62.6 Å². The van der Waals surface area contributed by atoms with Crippen molar-refractivity contribution in [3.63, 3.8) is 0 Å². The van der Waals surface area contributed by atoms with E-state index in [1.165, 1.54) is 0 Å². The van der Waals surface area contributed by atoms with E-state index in [-0.39, 0.29) is 16.9 Å². The first kappa shape index (κ1) is 25.4. The van der Waals surface area contributed by atoms with E-state index in [1.807, 2.05) is 48.0 Å². The van der Waals surface area contributed by atoms with Crippen LogP contribution in [0.15, 0.2) is 36.8 Å². The maximum absolute atomic E-state index is 12.7. The average molecular weight is 526 g/mol. The smallest absolute Gasteiger partial charge is 0.228 e. The normalized spacial score (nSPS) is 19.3. The maximum atomic E-state index is 12.7. The largest absolute Gasteiger partial charge is 0.492 e. The molecule has 1 aliphatic heterocycles. The molecule has 202 valence electrons. The number of nitrogens with zero attached hydrogens (tertiary/aromatic N) is 6.